The summed E-state index contributed by atoms with van der Waals surface area (Å²) in [6.45, 7) is 2.20. The Hall–Kier alpha value is -2.57. The number of urea groups is 1. The lowest BCUT2D eigenvalue weighted by Gasteiger charge is -2.22. The Bertz CT molecular complexity index is 716. The number of carbonyl (C=O) groups is 1. The molecule has 0 saturated carbocycles. The van der Waals surface area contributed by atoms with Crippen LogP contribution in [0.4, 0.5) is 28.0 Å². The summed E-state index contributed by atoms with van der Waals surface area (Å²) in [6.07, 6.45) is -4.48. The first kappa shape index (κ1) is 17.8. The lowest BCUT2D eigenvalue weighted by molar-refractivity contribution is -0.137. The molecule has 128 valence electrons. The molecule has 0 unspecified atom stereocenters. The summed E-state index contributed by atoms with van der Waals surface area (Å²) in [4.78, 5) is 13.6. The molecule has 1 N–H and O–H groups in total. The topological polar surface area (TPSA) is 32.3 Å². The summed E-state index contributed by atoms with van der Waals surface area (Å²) < 4.78 is 51.3. The van der Waals surface area contributed by atoms with Crippen LogP contribution in [-0.4, -0.2) is 17.5 Å². The molecular formula is C17H16F4N2O. The van der Waals surface area contributed by atoms with E-state index in [1.807, 2.05) is 0 Å². The van der Waals surface area contributed by atoms with Crippen molar-refractivity contribution >= 4 is 11.7 Å². The van der Waals surface area contributed by atoms with Gasteiger partial charge >= 0.3 is 12.2 Å². The molecule has 2 amide bonds. The first-order chi connectivity index (χ1) is 11.3. The Kier molecular flexibility index (Phi) is 5.43. The number of hydrogen-bond acceptors (Lipinski definition) is 1. The molecule has 0 radical (unpaired) electrons. The summed E-state index contributed by atoms with van der Waals surface area (Å²) in [5.41, 5.74) is -0.197. The van der Waals surface area contributed by atoms with Gasteiger partial charge in [0.05, 0.1) is 5.56 Å². The van der Waals surface area contributed by atoms with Crippen molar-refractivity contribution in [3.8, 4) is 0 Å². The molecule has 0 fully saturated rings. The van der Waals surface area contributed by atoms with E-state index in [0.29, 0.717) is 12.1 Å². The smallest absolute Gasteiger partial charge is 0.320 e. The van der Waals surface area contributed by atoms with Crippen LogP contribution >= 0.6 is 0 Å². The number of anilines is 1. The fourth-order valence-electron chi connectivity index (χ4n) is 2.16. The van der Waals surface area contributed by atoms with Gasteiger partial charge in [-0.05, 0) is 42.8 Å². The average molecular weight is 340 g/mol. The maximum Gasteiger partial charge on any atom is 0.416 e. The highest BCUT2D eigenvalue weighted by molar-refractivity contribution is 5.89. The molecule has 2 aromatic carbocycles. The number of nitrogens with one attached hydrogen (secondary N) is 1. The van der Waals surface area contributed by atoms with E-state index < -0.39 is 23.6 Å². The fourth-order valence-corrected chi connectivity index (χ4v) is 2.16. The van der Waals surface area contributed by atoms with E-state index in [1.165, 1.54) is 35.2 Å². The minimum atomic E-state index is -4.48. The summed E-state index contributed by atoms with van der Waals surface area (Å²) in [6, 6.07) is 9.65. The van der Waals surface area contributed by atoms with Gasteiger partial charge in [-0.25, -0.2) is 9.18 Å². The van der Waals surface area contributed by atoms with Gasteiger partial charge in [0, 0.05) is 18.8 Å². The van der Waals surface area contributed by atoms with Crippen molar-refractivity contribution in [1.29, 1.82) is 0 Å². The molecule has 2 rings (SSSR count). The molecule has 0 spiro atoms. The van der Waals surface area contributed by atoms with Crippen molar-refractivity contribution in [1.82, 2.24) is 4.90 Å². The van der Waals surface area contributed by atoms with Crippen LogP contribution in [0.1, 0.15) is 18.1 Å². The number of benzene rings is 2. The maximum atomic E-state index is 13.2. The van der Waals surface area contributed by atoms with Gasteiger partial charge in [0.15, 0.2) is 0 Å². The Morgan fingerprint density at radius 3 is 2.46 bits per heavy atom. The van der Waals surface area contributed by atoms with Gasteiger partial charge in [-0.2, -0.15) is 13.2 Å². The van der Waals surface area contributed by atoms with Crippen LogP contribution in [0.3, 0.4) is 0 Å². The summed E-state index contributed by atoms with van der Waals surface area (Å²) in [5.74, 6) is -0.415. The highest BCUT2D eigenvalue weighted by Crippen LogP contribution is 2.30. The molecule has 2 aromatic rings. The van der Waals surface area contributed by atoms with Gasteiger partial charge in [0.2, 0.25) is 0 Å². The molecule has 0 aliphatic carbocycles. The molecular weight excluding hydrogens is 324 g/mol. The Morgan fingerprint density at radius 1 is 1.12 bits per heavy atom. The number of carbonyl (C=O) groups excluding carboxylic acids is 1. The number of rotatable bonds is 4. The minimum Gasteiger partial charge on any atom is -0.320 e. The van der Waals surface area contributed by atoms with E-state index in [9.17, 15) is 22.4 Å². The molecule has 0 bridgehead atoms. The van der Waals surface area contributed by atoms with Gasteiger partial charge < -0.3 is 10.2 Å². The van der Waals surface area contributed by atoms with Crippen molar-refractivity contribution in [2.45, 2.75) is 19.6 Å². The van der Waals surface area contributed by atoms with Crippen LogP contribution in [-0.2, 0) is 12.7 Å². The second-order valence-electron chi connectivity index (χ2n) is 5.15. The van der Waals surface area contributed by atoms with Crippen LogP contribution in [0.15, 0.2) is 48.5 Å². The third-order valence-electron chi connectivity index (χ3n) is 3.37. The van der Waals surface area contributed by atoms with E-state index in [1.54, 1.807) is 13.0 Å². The second-order valence-corrected chi connectivity index (χ2v) is 5.15. The largest absolute Gasteiger partial charge is 0.416 e. The zero-order valence-electron chi connectivity index (χ0n) is 12.9. The van der Waals surface area contributed by atoms with E-state index >= 15 is 0 Å². The van der Waals surface area contributed by atoms with Crippen molar-refractivity contribution in [3.63, 3.8) is 0 Å². The number of amides is 2. The second kappa shape index (κ2) is 7.33. The third kappa shape index (κ3) is 4.71. The molecule has 0 aromatic heterocycles. The molecule has 3 nitrogen and oxygen atoms in total. The first-order valence-corrected chi connectivity index (χ1v) is 7.27. The molecule has 0 heterocycles. The molecule has 24 heavy (non-hydrogen) atoms. The van der Waals surface area contributed by atoms with E-state index in [0.717, 1.165) is 12.1 Å². The first-order valence-electron chi connectivity index (χ1n) is 7.27. The van der Waals surface area contributed by atoms with Crippen molar-refractivity contribution < 1.29 is 22.4 Å². The van der Waals surface area contributed by atoms with Gasteiger partial charge in [0.25, 0.3) is 0 Å². The van der Waals surface area contributed by atoms with Gasteiger partial charge in [-0.3, -0.25) is 0 Å². The van der Waals surface area contributed by atoms with Crippen LogP contribution in [0.25, 0.3) is 0 Å². The molecule has 0 saturated heterocycles. The van der Waals surface area contributed by atoms with Crippen molar-refractivity contribution in [2.24, 2.45) is 0 Å². The fraction of sp³-hybridized carbons (Fsp3) is 0.235. The Morgan fingerprint density at radius 2 is 1.83 bits per heavy atom. The molecule has 0 aliphatic heterocycles. The van der Waals surface area contributed by atoms with E-state index in [2.05, 4.69) is 5.32 Å². The lowest BCUT2D eigenvalue weighted by Crippen LogP contribution is -2.34. The maximum absolute atomic E-state index is 13.2. The van der Waals surface area contributed by atoms with Gasteiger partial charge in [-0.15, -0.1) is 0 Å². The third-order valence-corrected chi connectivity index (χ3v) is 3.37. The number of alkyl halides is 3. The minimum absolute atomic E-state index is 0.0486. The highest BCUT2D eigenvalue weighted by atomic mass is 19.4. The Labute approximate surface area is 136 Å². The normalized spacial score (nSPS) is 11.2. The quantitative estimate of drug-likeness (QED) is 0.789. The lowest BCUT2D eigenvalue weighted by atomic mass is 10.2. The predicted octanol–water partition coefficient (Wildman–Crippen LogP) is 4.90. The standard InChI is InChI=1S/C17H16F4N2O/c1-2-23(11-12-5-3-7-14(18)9-12)16(24)22-15-8-4-6-13(10-15)17(19,20)21/h3-10H,2,11H2,1H3,(H,22,24). The number of hydrogen-bond donors (Lipinski definition) is 1. The zero-order valence-corrected chi connectivity index (χ0v) is 12.9. The summed E-state index contributed by atoms with van der Waals surface area (Å²) in [7, 11) is 0. The monoisotopic (exact) mass is 340 g/mol. The van der Waals surface area contributed by atoms with Gasteiger partial charge in [-0.1, -0.05) is 18.2 Å². The molecule has 0 aliphatic rings. The summed E-state index contributed by atoms with van der Waals surface area (Å²) >= 11 is 0. The average Bonchev–Trinajstić information content (AvgIpc) is 2.52. The predicted molar refractivity (Wildman–Crippen MR) is 82.9 cm³/mol. The van der Waals surface area contributed by atoms with Crippen molar-refractivity contribution in [3.05, 3.63) is 65.5 Å². The van der Waals surface area contributed by atoms with E-state index in [4.69, 9.17) is 0 Å². The van der Waals surface area contributed by atoms with E-state index in [-0.39, 0.29) is 12.2 Å². The van der Waals surface area contributed by atoms with Crippen LogP contribution < -0.4 is 5.32 Å². The van der Waals surface area contributed by atoms with Gasteiger partial charge in [0.1, 0.15) is 5.82 Å². The SMILES string of the molecule is CCN(Cc1cccc(F)c1)C(=O)Nc1cccc(C(F)(F)F)c1. The van der Waals surface area contributed by atoms with Crippen LogP contribution in [0.5, 0.6) is 0 Å². The summed E-state index contributed by atoms with van der Waals surface area (Å²) in [5, 5.41) is 2.43. The zero-order chi connectivity index (χ0) is 17.7. The molecule has 0 atom stereocenters. The Balaban J connectivity index is 2.09. The van der Waals surface area contributed by atoms with Crippen LogP contribution in [0.2, 0.25) is 0 Å². The number of halogens is 4. The molecule has 7 heteroatoms. The van der Waals surface area contributed by atoms with Crippen molar-refractivity contribution in [2.75, 3.05) is 11.9 Å². The van der Waals surface area contributed by atoms with Crippen LogP contribution in [0, 0.1) is 5.82 Å². The number of nitrogens with zero attached hydrogens (tertiary/aromatic N) is 1. The highest BCUT2D eigenvalue weighted by Gasteiger charge is 2.30.